The quantitative estimate of drug-likeness (QED) is 0.313. The van der Waals surface area contributed by atoms with Crippen LogP contribution in [0.2, 0.25) is 0 Å². The van der Waals surface area contributed by atoms with E-state index < -0.39 is 29.6 Å². The second-order valence-corrected chi connectivity index (χ2v) is 8.70. The van der Waals surface area contributed by atoms with E-state index in [1.807, 2.05) is 38.1 Å². The third-order valence-corrected chi connectivity index (χ3v) is 5.94. The molecule has 0 fully saturated rings. The zero-order valence-electron chi connectivity index (χ0n) is 19.9. The molecule has 0 bridgehead atoms. The highest BCUT2D eigenvalue weighted by atomic mass is 16.5. The molecular formula is C27H28N2O6. The second-order valence-electron chi connectivity index (χ2n) is 8.70. The summed E-state index contributed by atoms with van der Waals surface area (Å²) >= 11 is 0. The average molecular weight is 477 g/mol. The highest BCUT2D eigenvalue weighted by Gasteiger charge is 2.26. The number of fused-ring (bicyclic) bond motifs is 2. The van der Waals surface area contributed by atoms with Gasteiger partial charge in [0, 0.05) is 29.6 Å². The Labute approximate surface area is 201 Å². The highest BCUT2D eigenvalue weighted by Crippen LogP contribution is 2.31. The molecule has 182 valence electrons. The highest BCUT2D eigenvalue weighted by molar-refractivity contribution is 5.90. The molecular weight excluding hydrogens is 448 g/mol. The minimum atomic E-state index is -1.14. The smallest absolute Gasteiger partial charge is 0.336 e. The summed E-state index contributed by atoms with van der Waals surface area (Å²) in [6.45, 7) is 5.41. The van der Waals surface area contributed by atoms with E-state index in [0.29, 0.717) is 23.1 Å². The van der Waals surface area contributed by atoms with Gasteiger partial charge in [-0.25, -0.2) is 9.59 Å². The predicted octanol–water partition coefficient (Wildman–Crippen LogP) is 4.11. The summed E-state index contributed by atoms with van der Waals surface area (Å²) in [5.41, 5.74) is 3.24. The summed E-state index contributed by atoms with van der Waals surface area (Å²) in [5, 5.41) is 13.9. The van der Waals surface area contributed by atoms with Gasteiger partial charge in [-0.15, -0.1) is 0 Å². The Bertz CT molecular complexity index is 1450. The Morgan fingerprint density at radius 2 is 1.94 bits per heavy atom. The number of aromatic amines is 1. The Hall–Kier alpha value is -4.07. The summed E-state index contributed by atoms with van der Waals surface area (Å²) in [4.78, 5) is 40.0. The monoisotopic (exact) mass is 476 g/mol. The summed E-state index contributed by atoms with van der Waals surface area (Å²) in [7, 11) is 0. The molecule has 4 aromatic rings. The van der Waals surface area contributed by atoms with Gasteiger partial charge in [0.1, 0.15) is 17.4 Å². The fourth-order valence-corrected chi connectivity index (χ4v) is 4.28. The number of rotatable bonds is 9. The average Bonchev–Trinajstić information content (AvgIpc) is 3.20. The van der Waals surface area contributed by atoms with E-state index in [9.17, 15) is 19.5 Å². The molecule has 0 spiro atoms. The van der Waals surface area contributed by atoms with Crippen LogP contribution < -0.4 is 15.7 Å². The number of carbonyl (C=O) groups excluding carboxylic acids is 1. The van der Waals surface area contributed by atoms with Crippen LogP contribution in [0.4, 0.5) is 0 Å². The number of nitrogens with one attached hydrogen (secondary N) is 2. The fraction of sp³-hybridized carbons (Fsp3) is 0.296. The van der Waals surface area contributed by atoms with Crippen LogP contribution in [0.15, 0.2) is 57.9 Å². The first-order valence-corrected chi connectivity index (χ1v) is 11.6. The van der Waals surface area contributed by atoms with Crippen LogP contribution in [0.3, 0.4) is 0 Å². The first kappa shape index (κ1) is 24.1. The van der Waals surface area contributed by atoms with Crippen LogP contribution in [0.5, 0.6) is 5.75 Å². The molecule has 0 radical (unpaired) electrons. The molecule has 8 heteroatoms. The first-order chi connectivity index (χ1) is 16.8. The molecule has 1 amide bonds. The normalized spacial score (nSPS) is 13.0. The number of hydrogen-bond donors (Lipinski definition) is 3. The number of aromatic nitrogens is 1. The summed E-state index contributed by atoms with van der Waals surface area (Å²) in [5.74, 6) is -1.27. The maximum absolute atomic E-state index is 13.0. The van der Waals surface area contributed by atoms with Crippen molar-refractivity contribution in [3.63, 3.8) is 0 Å². The molecule has 3 N–H and O–H groups in total. The second kappa shape index (κ2) is 10.0. The number of aryl methyl sites for hydroxylation is 2. The number of amides is 1. The largest absolute Gasteiger partial charge is 0.480 e. The van der Waals surface area contributed by atoms with E-state index in [2.05, 4.69) is 10.3 Å². The Morgan fingerprint density at radius 1 is 1.17 bits per heavy atom. The van der Waals surface area contributed by atoms with Crippen LogP contribution in [0.25, 0.3) is 21.9 Å². The van der Waals surface area contributed by atoms with Crippen molar-refractivity contribution in [1.82, 2.24) is 10.3 Å². The van der Waals surface area contributed by atoms with Crippen molar-refractivity contribution in [2.45, 2.75) is 52.2 Å². The fourth-order valence-electron chi connectivity index (χ4n) is 4.28. The van der Waals surface area contributed by atoms with E-state index >= 15 is 0 Å². The molecule has 2 atom stereocenters. The van der Waals surface area contributed by atoms with E-state index in [4.69, 9.17) is 9.15 Å². The van der Waals surface area contributed by atoms with Crippen LogP contribution in [-0.4, -0.2) is 34.1 Å². The minimum absolute atomic E-state index is 0.122. The lowest BCUT2D eigenvalue weighted by Gasteiger charge is -2.20. The maximum Gasteiger partial charge on any atom is 0.336 e. The Balaban J connectivity index is 1.56. The lowest BCUT2D eigenvalue weighted by atomic mass is 10.0. The van der Waals surface area contributed by atoms with Crippen LogP contribution in [0.1, 0.15) is 37.0 Å². The molecule has 0 aliphatic rings. The van der Waals surface area contributed by atoms with E-state index in [0.717, 1.165) is 34.0 Å². The van der Waals surface area contributed by atoms with Gasteiger partial charge in [0.2, 0.25) is 0 Å². The van der Waals surface area contributed by atoms with Gasteiger partial charge < -0.3 is 24.6 Å². The Kier molecular flexibility index (Phi) is 6.91. The molecule has 0 saturated heterocycles. The molecule has 4 rings (SSSR count). The number of aliphatic carboxylic acids is 1. The SMILES string of the molecule is CCCc1cc(=O)oc2cc(C)cc(O[C@H](C)C(=O)N[C@@H](Cc3c[nH]c4ccccc34)C(=O)O)c12. The molecule has 2 aromatic heterocycles. The molecule has 2 aromatic carbocycles. The van der Waals surface area contributed by atoms with Crippen molar-refractivity contribution in [3.8, 4) is 5.75 Å². The molecule has 0 aliphatic heterocycles. The van der Waals surface area contributed by atoms with Crippen molar-refractivity contribution in [3.05, 3.63) is 75.8 Å². The topological polar surface area (TPSA) is 122 Å². The van der Waals surface area contributed by atoms with Crippen molar-refractivity contribution in [1.29, 1.82) is 0 Å². The number of benzene rings is 2. The standard InChI is InChI=1S/C27H28N2O6/c1-4-7-17-13-24(30)35-23-11-15(2)10-22(25(17)23)34-16(3)26(31)29-21(27(32)33)12-18-14-28-20-9-6-5-8-19(18)20/h5-6,8-11,13-14,16,21,28H,4,7,12H2,1-3H3,(H,29,31)(H,32,33)/t16-,21+/m1/s1. The number of carboxylic acid groups (broad SMARTS) is 1. The zero-order valence-corrected chi connectivity index (χ0v) is 19.9. The van der Waals surface area contributed by atoms with Gasteiger partial charge >= 0.3 is 11.6 Å². The summed E-state index contributed by atoms with van der Waals surface area (Å²) < 4.78 is 11.4. The summed E-state index contributed by atoms with van der Waals surface area (Å²) in [6.07, 6.45) is 2.36. The third-order valence-electron chi connectivity index (χ3n) is 5.94. The molecule has 2 heterocycles. The van der Waals surface area contributed by atoms with Crippen LogP contribution in [-0.2, 0) is 22.4 Å². The van der Waals surface area contributed by atoms with Gasteiger partial charge in [-0.2, -0.15) is 0 Å². The van der Waals surface area contributed by atoms with Gasteiger partial charge in [-0.05, 0) is 55.2 Å². The number of para-hydroxylation sites is 1. The van der Waals surface area contributed by atoms with Gasteiger partial charge in [0.25, 0.3) is 5.91 Å². The lowest BCUT2D eigenvalue weighted by Crippen LogP contribution is -2.47. The van der Waals surface area contributed by atoms with Crippen molar-refractivity contribution in [2.75, 3.05) is 0 Å². The molecule has 0 saturated carbocycles. The molecule has 0 unspecified atom stereocenters. The number of carboxylic acids is 1. The third kappa shape index (κ3) is 5.21. The first-order valence-electron chi connectivity index (χ1n) is 11.6. The number of hydrogen-bond acceptors (Lipinski definition) is 5. The van der Waals surface area contributed by atoms with Crippen molar-refractivity contribution in [2.24, 2.45) is 0 Å². The van der Waals surface area contributed by atoms with Crippen LogP contribution >= 0.6 is 0 Å². The van der Waals surface area contributed by atoms with E-state index in [1.165, 1.54) is 6.07 Å². The molecule has 0 aliphatic carbocycles. The number of H-pyrrole nitrogens is 1. The zero-order chi connectivity index (χ0) is 25.1. The van der Waals surface area contributed by atoms with Gasteiger partial charge in [0.05, 0.1) is 5.39 Å². The van der Waals surface area contributed by atoms with Gasteiger partial charge in [-0.3, -0.25) is 4.79 Å². The number of carbonyl (C=O) groups is 2. The maximum atomic E-state index is 13.0. The molecule has 8 nitrogen and oxygen atoms in total. The minimum Gasteiger partial charge on any atom is -0.480 e. The van der Waals surface area contributed by atoms with Gasteiger partial charge in [0.15, 0.2) is 6.10 Å². The van der Waals surface area contributed by atoms with E-state index in [1.54, 1.807) is 25.3 Å². The van der Waals surface area contributed by atoms with Gasteiger partial charge in [-0.1, -0.05) is 31.5 Å². The van der Waals surface area contributed by atoms with Crippen molar-refractivity contribution < 1.29 is 23.8 Å². The molecule has 35 heavy (non-hydrogen) atoms. The lowest BCUT2D eigenvalue weighted by molar-refractivity contribution is -0.142. The van der Waals surface area contributed by atoms with Crippen LogP contribution in [0, 0.1) is 6.92 Å². The van der Waals surface area contributed by atoms with Crippen molar-refractivity contribution >= 4 is 33.7 Å². The summed E-state index contributed by atoms with van der Waals surface area (Å²) in [6, 6.07) is 11.4. The number of ether oxygens (including phenoxy) is 1. The van der Waals surface area contributed by atoms with E-state index in [-0.39, 0.29) is 6.42 Å². The Morgan fingerprint density at radius 3 is 2.69 bits per heavy atom. The predicted molar refractivity (Wildman–Crippen MR) is 133 cm³/mol.